The summed E-state index contributed by atoms with van der Waals surface area (Å²) in [4.78, 5) is 24.2. The molecule has 9 nitrogen and oxygen atoms in total. The van der Waals surface area contributed by atoms with E-state index in [2.05, 4.69) is 9.97 Å². The van der Waals surface area contributed by atoms with E-state index in [1.807, 2.05) is 54.6 Å². The minimum Gasteiger partial charge on any atom is -0.493 e. The molecule has 6 rings (SSSR count). The van der Waals surface area contributed by atoms with Crippen LogP contribution in [0.2, 0.25) is 0 Å². The Morgan fingerprint density at radius 2 is 1.88 bits per heavy atom. The van der Waals surface area contributed by atoms with Crippen molar-refractivity contribution in [1.29, 1.82) is 0 Å². The Kier molecular flexibility index (Phi) is 7.52. The Balaban J connectivity index is 1.37. The number of hydrogen-bond acceptors (Lipinski definition) is 8. The highest BCUT2D eigenvalue weighted by molar-refractivity contribution is 5.85. The first-order valence-electron chi connectivity index (χ1n) is 13.5. The number of aromatic nitrogens is 2. The third kappa shape index (κ3) is 5.45. The molecule has 1 aromatic heterocycles. The van der Waals surface area contributed by atoms with Crippen LogP contribution in [0.3, 0.4) is 0 Å². The van der Waals surface area contributed by atoms with Gasteiger partial charge in [0, 0.05) is 36.5 Å². The molecule has 206 valence electrons. The normalized spacial score (nSPS) is 15.1. The molecule has 1 amide bonds. The fourth-order valence-electron chi connectivity index (χ4n) is 5.13. The fraction of sp³-hybridized carbons (Fsp3) is 0.323. The highest BCUT2D eigenvalue weighted by Crippen LogP contribution is 2.40. The molecule has 2 bridgehead atoms. The standard InChI is InChI=1S/C31H31N3O6/c1-36-28-16-26-24-15-29(28)37-13-7-3-6-12-34(31(35)38-18-21-8-4-2-5-9-21)17-22-10-11-27-30(40-20-39-27)23(22)14-25(24)32-19-33-26/h2,4-5,8-11,15-16,19H,3,6-7,12-14,17-18,20H2,1H3. The van der Waals surface area contributed by atoms with Crippen LogP contribution in [0.4, 0.5) is 4.79 Å². The third-order valence-corrected chi connectivity index (χ3v) is 7.24. The van der Waals surface area contributed by atoms with Crippen LogP contribution < -0.4 is 18.9 Å². The second kappa shape index (κ2) is 11.7. The summed E-state index contributed by atoms with van der Waals surface area (Å²) < 4.78 is 29.1. The lowest BCUT2D eigenvalue weighted by Crippen LogP contribution is -2.32. The lowest BCUT2D eigenvalue weighted by atomic mass is 9.98. The maximum Gasteiger partial charge on any atom is 0.410 e. The molecule has 0 atom stereocenters. The summed E-state index contributed by atoms with van der Waals surface area (Å²) in [5.74, 6) is 2.65. The van der Waals surface area contributed by atoms with E-state index in [4.69, 9.17) is 23.7 Å². The van der Waals surface area contributed by atoms with E-state index in [0.717, 1.165) is 52.5 Å². The van der Waals surface area contributed by atoms with Gasteiger partial charge in [0.25, 0.3) is 0 Å². The van der Waals surface area contributed by atoms with Crippen molar-refractivity contribution in [2.75, 3.05) is 27.1 Å². The molecule has 9 heteroatoms. The van der Waals surface area contributed by atoms with Gasteiger partial charge in [-0.2, -0.15) is 0 Å². The molecule has 0 fully saturated rings. The number of rotatable bonds is 3. The van der Waals surface area contributed by atoms with Crippen LogP contribution >= 0.6 is 0 Å². The maximum absolute atomic E-state index is 13.3. The van der Waals surface area contributed by atoms with Gasteiger partial charge >= 0.3 is 6.09 Å². The molecule has 4 aromatic rings. The van der Waals surface area contributed by atoms with Crippen molar-refractivity contribution in [3.63, 3.8) is 0 Å². The van der Waals surface area contributed by atoms with Gasteiger partial charge in [-0.3, -0.25) is 0 Å². The molecule has 3 aromatic carbocycles. The van der Waals surface area contributed by atoms with Gasteiger partial charge in [0.15, 0.2) is 23.0 Å². The van der Waals surface area contributed by atoms with Crippen LogP contribution in [0, 0.1) is 0 Å². The van der Waals surface area contributed by atoms with Crippen molar-refractivity contribution in [3.8, 4) is 23.0 Å². The van der Waals surface area contributed by atoms with Crippen molar-refractivity contribution in [2.45, 2.75) is 38.8 Å². The van der Waals surface area contributed by atoms with E-state index in [1.54, 1.807) is 18.3 Å². The first kappa shape index (κ1) is 25.7. The predicted molar refractivity (Wildman–Crippen MR) is 148 cm³/mol. The van der Waals surface area contributed by atoms with Crippen LogP contribution in [-0.4, -0.2) is 48.0 Å². The van der Waals surface area contributed by atoms with Gasteiger partial charge in [0.05, 0.1) is 24.9 Å². The third-order valence-electron chi connectivity index (χ3n) is 7.24. The summed E-state index contributed by atoms with van der Waals surface area (Å²) in [6.45, 7) is 1.82. The fourth-order valence-corrected chi connectivity index (χ4v) is 5.13. The minimum absolute atomic E-state index is 0.147. The molecule has 0 aliphatic carbocycles. The van der Waals surface area contributed by atoms with Gasteiger partial charge in [0.2, 0.25) is 6.79 Å². The van der Waals surface area contributed by atoms with E-state index in [1.165, 1.54) is 0 Å². The molecular weight excluding hydrogens is 510 g/mol. The summed E-state index contributed by atoms with van der Waals surface area (Å²) in [5, 5.41) is 0.870. The van der Waals surface area contributed by atoms with Crippen molar-refractivity contribution >= 4 is 17.0 Å². The number of fused-ring (bicyclic) bond motifs is 4. The number of methoxy groups -OCH3 is 1. The highest BCUT2D eigenvalue weighted by Gasteiger charge is 2.25. The minimum atomic E-state index is -0.353. The maximum atomic E-state index is 13.3. The second-order valence-corrected chi connectivity index (χ2v) is 9.83. The van der Waals surface area contributed by atoms with Crippen LogP contribution in [-0.2, 0) is 24.3 Å². The molecule has 0 saturated carbocycles. The Labute approximate surface area is 232 Å². The van der Waals surface area contributed by atoms with Gasteiger partial charge in [-0.05, 0) is 42.5 Å². The molecule has 0 N–H and O–H groups in total. The van der Waals surface area contributed by atoms with Crippen molar-refractivity contribution in [2.24, 2.45) is 0 Å². The molecular formula is C31H31N3O6. The first-order valence-corrected chi connectivity index (χ1v) is 13.5. The summed E-state index contributed by atoms with van der Waals surface area (Å²) in [6, 6.07) is 17.4. The molecule has 0 spiro atoms. The molecule has 0 unspecified atom stereocenters. The van der Waals surface area contributed by atoms with E-state index < -0.39 is 0 Å². The number of amides is 1. The summed E-state index contributed by atoms with van der Waals surface area (Å²) in [7, 11) is 1.63. The van der Waals surface area contributed by atoms with E-state index >= 15 is 0 Å². The quantitative estimate of drug-likeness (QED) is 0.328. The number of hydrogen-bond donors (Lipinski definition) is 0. The Bertz CT molecular complexity index is 1510. The summed E-state index contributed by atoms with van der Waals surface area (Å²) in [6.07, 6.45) is 4.20. The smallest absolute Gasteiger partial charge is 0.410 e. The van der Waals surface area contributed by atoms with Gasteiger partial charge in [-0.15, -0.1) is 0 Å². The van der Waals surface area contributed by atoms with Crippen LogP contribution in [0.25, 0.3) is 10.9 Å². The van der Waals surface area contributed by atoms with E-state index in [-0.39, 0.29) is 19.5 Å². The summed E-state index contributed by atoms with van der Waals surface area (Å²) >= 11 is 0. The number of benzene rings is 3. The molecule has 0 radical (unpaired) electrons. The van der Waals surface area contributed by atoms with Crippen molar-refractivity contribution in [3.05, 3.63) is 83.3 Å². The molecule has 40 heavy (non-hydrogen) atoms. The number of ether oxygens (including phenoxy) is 5. The van der Waals surface area contributed by atoms with Gasteiger partial charge in [0.1, 0.15) is 12.9 Å². The van der Waals surface area contributed by atoms with Gasteiger partial charge in [-0.25, -0.2) is 14.8 Å². The average molecular weight is 542 g/mol. The van der Waals surface area contributed by atoms with Crippen LogP contribution in [0.15, 0.2) is 60.9 Å². The molecule has 2 aliphatic rings. The first-order chi connectivity index (χ1) is 19.7. The van der Waals surface area contributed by atoms with Crippen LogP contribution in [0.1, 0.15) is 41.6 Å². The van der Waals surface area contributed by atoms with Gasteiger partial charge < -0.3 is 28.6 Å². The zero-order valence-electron chi connectivity index (χ0n) is 22.4. The second-order valence-electron chi connectivity index (χ2n) is 9.83. The SMILES string of the molecule is COc1cc2ncnc3c2cc1OCCCCCN(C(=O)OCc1ccccc1)Cc1ccc2c(c1C3)OCO2. The Hall–Kier alpha value is -4.53. The highest BCUT2D eigenvalue weighted by atomic mass is 16.7. The zero-order valence-corrected chi connectivity index (χ0v) is 22.4. The zero-order chi connectivity index (χ0) is 27.3. The lowest BCUT2D eigenvalue weighted by molar-refractivity contribution is 0.0927. The predicted octanol–water partition coefficient (Wildman–Crippen LogP) is 5.66. The van der Waals surface area contributed by atoms with E-state index in [0.29, 0.717) is 49.1 Å². The van der Waals surface area contributed by atoms with Gasteiger partial charge in [-0.1, -0.05) is 36.4 Å². The topological polar surface area (TPSA) is 92.2 Å². The molecule has 0 saturated heterocycles. The monoisotopic (exact) mass is 541 g/mol. The lowest BCUT2D eigenvalue weighted by Gasteiger charge is -2.24. The summed E-state index contributed by atoms with van der Waals surface area (Å²) in [5.41, 5.74) is 4.39. The Morgan fingerprint density at radius 1 is 0.975 bits per heavy atom. The largest absolute Gasteiger partial charge is 0.493 e. The number of nitrogens with zero attached hydrogens (tertiary/aromatic N) is 3. The number of carbonyl (C=O) groups is 1. The van der Waals surface area contributed by atoms with Crippen LogP contribution in [0.5, 0.6) is 23.0 Å². The van der Waals surface area contributed by atoms with Crippen molar-refractivity contribution in [1.82, 2.24) is 14.9 Å². The van der Waals surface area contributed by atoms with E-state index in [9.17, 15) is 4.79 Å². The Morgan fingerprint density at radius 3 is 2.75 bits per heavy atom. The number of carbonyl (C=O) groups excluding carboxylic acids is 1. The van der Waals surface area contributed by atoms with Crippen molar-refractivity contribution < 1.29 is 28.5 Å². The molecule has 2 aliphatic heterocycles. The average Bonchev–Trinajstić information content (AvgIpc) is 3.47. The molecule has 3 heterocycles.